The molecule has 0 fully saturated rings. The van der Waals surface area contributed by atoms with E-state index in [0.717, 1.165) is 30.3 Å². The Balaban J connectivity index is 2.29. The zero-order chi connectivity index (χ0) is 10.9. The number of hydrogen-bond acceptors (Lipinski definition) is 3. The van der Waals surface area contributed by atoms with Crippen molar-refractivity contribution in [2.45, 2.75) is 13.3 Å². The van der Waals surface area contributed by atoms with Crippen LogP contribution < -0.4 is 10.5 Å². The molecule has 1 rings (SSSR count). The van der Waals surface area contributed by atoms with Gasteiger partial charge in [-0.3, -0.25) is 0 Å². The van der Waals surface area contributed by atoms with Gasteiger partial charge in [-0.2, -0.15) is 11.8 Å². The fraction of sp³-hybridized carbons (Fsp3) is 0.500. The normalized spacial score (nSPS) is 10.3. The molecule has 0 heterocycles. The first-order valence-corrected chi connectivity index (χ1v) is 6.52. The minimum Gasteiger partial charge on any atom is -0.493 e. The molecule has 3 heteroatoms. The first kappa shape index (κ1) is 12.4. The zero-order valence-corrected chi connectivity index (χ0v) is 10.1. The van der Waals surface area contributed by atoms with Crippen molar-refractivity contribution in [2.75, 3.05) is 24.7 Å². The lowest BCUT2D eigenvalue weighted by Gasteiger charge is -2.06. The van der Waals surface area contributed by atoms with Gasteiger partial charge in [0.05, 0.1) is 6.61 Å². The molecule has 0 unspecified atom stereocenters. The molecule has 1 aromatic carbocycles. The number of benzene rings is 1. The summed E-state index contributed by atoms with van der Waals surface area (Å²) in [7, 11) is 0. The summed E-state index contributed by atoms with van der Waals surface area (Å²) in [5, 5.41) is 0. The summed E-state index contributed by atoms with van der Waals surface area (Å²) in [6, 6.07) is 8.19. The maximum absolute atomic E-state index is 5.59. The Morgan fingerprint density at radius 1 is 1.27 bits per heavy atom. The average Bonchev–Trinajstić information content (AvgIpc) is 2.27. The predicted octanol–water partition coefficient (Wildman–Crippen LogP) is 2.32. The Labute approximate surface area is 96.2 Å². The topological polar surface area (TPSA) is 35.2 Å². The van der Waals surface area contributed by atoms with Gasteiger partial charge in [0.25, 0.3) is 0 Å². The van der Waals surface area contributed by atoms with Crippen molar-refractivity contribution in [3.05, 3.63) is 29.8 Å². The molecule has 2 N–H and O–H groups in total. The molecular formula is C12H19NOS. The van der Waals surface area contributed by atoms with Gasteiger partial charge in [0.2, 0.25) is 0 Å². The molecule has 0 aliphatic heterocycles. The molecule has 0 aliphatic rings. The first-order chi connectivity index (χ1) is 7.36. The standard InChI is InChI=1S/C12H19NOS/c1-2-15-10-9-14-12-5-3-11(4-6-12)7-8-13/h3-6H,2,7-10,13H2,1H3. The van der Waals surface area contributed by atoms with Crippen LogP contribution in [0.3, 0.4) is 0 Å². The van der Waals surface area contributed by atoms with Crippen molar-refractivity contribution in [3.63, 3.8) is 0 Å². The van der Waals surface area contributed by atoms with Crippen molar-refractivity contribution in [2.24, 2.45) is 5.73 Å². The molecule has 0 amide bonds. The lowest BCUT2D eigenvalue weighted by Crippen LogP contribution is -2.03. The van der Waals surface area contributed by atoms with E-state index in [2.05, 4.69) is 19.1 Å². The first-order valence-electron chi connectivity index (χ1n) is 5.36. The molecule has 0 atom stereocenters. The van der Waals surface area contributed by atoms with Gasteiger partial charge in [-0.15, -0.1) is 0 Å². The summed E-state index contributed by atoms with van der Waals surface area (Å²) in [5.74, 6) is 3.16. The molecule has 0 bridgehead atoms. The molecule has 0 spiro atoms. The third-order valence-corrected chi connectivity index (χ3v) is 2.92. The molecule has 0 aromatic heterocycles. The number of ether oxygens (including phenoxy) is 1. The highest BCUT2D eigenvalue weighted by Crippen LogP contribution is 2.12. The molecule has 0 saturated carbocycles. The van der Waals surface area contributed by atoms with Gasteiger partial charge in [0, 0.05) is 5.75 Å². The quantitative estimate of drug-likeness (QED) is 0.723. The van der Waals surface area contributed by atoms with E-state index < -0.39 is 0 Å². The summed E-state index contributed by atoms with van der Waals surface area (Å²) in [6.07, 6.45) is 0.936. The van der Waals surface area contributed by atoms with Crippen molar-refractivity contribution < 1.29 is 4.74 Å². The summed E-state index contributed by atoms with van der Waals surface area (Å²) >= 11 is 1.90. The highest BCUT2D eigenvalue weighted by molar-refractivity contribution is 7.99. The monoisotopic (exact) mass is 225 g/mol. The Bertz CT molecular complexity index is 261. The fourth-order valence-corrected chi connectivity index (χ4v) is 1.77. The van der Waals surface area contributed by atoms with Crippen LogP contribution in [0.15, 0.2) is 24.3 Å². The number of nitrogens with two attached hydrogens (primary N) is 1. The number of thioether (sulfide) groups is 1. The van der Waals surface area contributed by atoms with Crippen LogP contribution in [0.2, 0.25) is 0 Å². The zero-order valence-electron chi connectivity index (χ0n) is 9.24. The van der Waals surface area contributed by atoms with Gasteiger partial charge in [-0.1, -0.05) is 19.1 Å². The van der Waals surface area contributed by atoms with E-state index >= 15 is 0 Å². The van der Waals surface area contributed by atoms with Crippen LogP contribution in [0.1, 0.15) is 12.5 Å². The van der Waals surface area contributed by atoms with Crippen LogP contribution in [-0.2, 0) is 6.42 Å². The van der Waals surface area contributed by atoms with Crippen LogP contribution in [0.4, 0.5) is 0 Å². The number of rotatable bonds is 7. The highest BCUT2D eigenvalue weighted by atomic mass is 32.2. The van der Waals surface area contributed by atoms with E-state index in [1.807, 2.05) is 23.9 Å². The summed E-state index contributed by atoms with van der Waals surface area (Å²) in [5.41, 5.74) is 6.75. The Hall–Kier alpha value is -0.670. The summed E-state index contributed by atoms with van der Waals surface area (Å²) in [4.78, 5) is 0. The minimum atomic E-state index is 0.702. The second-order valence-electron chi connectivity index (χ2n) is 3.23. The van der Waals surface area contributed by atoms with Crippen LogP contribution in [-0.4, -0.2) is 24.7 Å². The van der Waals surface area contributed by atoms with E-state index in [1.165, 1.54) is 5.56 Å². The molecule has 15 heavy (non-hydrogen) atoms. The van der Waals surface area contributed by atoms with Gasteiger partial charge in [-0.05, 0) is 36.4 Å². The SMILES string of the molecule is CCSCCOc1ccc(CCN)cc1. The van der Waals surface area contributed by atoms with Gasteiger partial charge in [-0.25, -0.2) is 0 Å². The molecule has 0 radical (unpaired) electrons. The predicted molar refractivity (Wildman–Crippen MR) is 67.7 cm³/mol. The van der Waals surface area contributed by atoms with Crippen LogP contribution in [0, 0.1) is 0 Å². The van der Waals surface area contributed by atoms with Crippen molar-refractivity contribution in [1.82, 2.24) is 0 Å². The second-order valence-corrected chi connectivity index (χ2v) is 4.62. The fourth-order valence-electron chi connectivity index (χ4n) is 1.28. The molecule has 0 saturated heterocycles. The van der Waals surface area contributed by atoms with Crippen molar-refractivity contribution in [3.8, 4) is 5.75 Å². The Kier molecular flexibility index (Phi) is 6.28. The lowest BCUT2D eigenvalue weighted by atomic mass is 10.1. The van der Waals surface area contributed by atoms with Crippen molar-refractivity contribution in [1.29, 1.82) is 0 Å². The maximum Gasteiger partial charge on any atom is 0.119 e. The third-order valence-electron chi connectivity index (χ3n) is 2.06. The Morgan fingerprint density at radius 3 is 2.60 bits per heavy atom. The molecule has 1 aromatic rings. The van der Waals surface area contributed by atoms with Gasteiger partial charge >= 0.3 is 0 Å². The van der Waals surface area contributed by atoms with Crippen LogP contribution >= 0.6 is 11.8 Å². The largest absolute Gasteiger partial charge is 0.493 e. The van der Waals surface area contributed by atoms with Crippen LogP contribution in [0.5, 0.6) is 5.75 Å². The van der Waals surface area contributed by atoms with E-state index in [-0.39, 0.29) is 0 Å². The van der Waals surface area contributed by atoms with E-state index in [4.69, 9.17) is 10.5 Å². The van der Waals surface area contributed by atoms with E-state index in [9.17, 15) is 0 Å². The molecule has 0 aliphatic carbocycles. The molecule has 84 valence electrons. The van der Waals surface area contributed by atoms with Crippen molar-refractivity contribution >= 4 is 11.8 Å². The summed E-state index contributed by atoms with van der Waals surface area (Å²) < 4.78 is 5.59. The van der Waals surface area contributed by atoms with Gasteiger partial charge in [0.15, 0.2) is 0 Å². The number of hydrogen-bond donors (Lipinski definition) is 1. The van der Waals surface area contributed by atoms with E-state index in [0.29, 0.717) is 6.54 Å². The lowest BCUT2D eigenvalue weighted by molar-refractivity contribution is 0.344. The van der Waals surface area contributed by atoms with E-state index in [1.54, 1.807) is 0 Å². The average molecular weight is 225 g/mol. The summed E-state index contributed by atoms with van der Waals surface area (Å²) in [6.45, 7) is 3.65. The molecule has 2 nitrogen and oxygen atoms in total. The smallest absolute Gasteiger partial charge is 0.119 e. The Morgan fingerprint density at radius 2 is 2.00 bits per heavy atom. The highest BCUT2D eigenvalue weighted by Gasteiger charge is 1.94. The second kappa shape index (κ2) is 7.60. The molecular weight excluding hydrogens is 206 g/mol. The maximum atomic E-state index is 5.59. The van der Waals surface area contributed by atoms with Crippen LogP contribution in [0.25, 0.3) is 0 Å². The van der Waals surface area contributed by atoms with Gasteiger partial charge in [0.1, 0.15) is 5.75 Å². The third kappa shape index (κ3) is 5.09. The van der Waals surface area contributed by atoms with Gasteiger partial charge < -0.3 is 10.5 Å². The minimum absolute atomic E-state index is 0.702.